The van der Waals surface area contributed by atoms with Gasteiger partial charge in [-0.3, -0.25) is 19.0 Å². The van der Waals surface area contributed by atoms with Crippen LogP contribution in [0.15, 0.2) is 35.3 Å². The number of aliphatic hydroxyl groups excluding tert-OH is 1. The predicted octanol–water partition coefficient (Wildman–Crippen LogP) is 1.72. The van der Waals surface area contributed by atoms with Gasteiger partial charge in [0.15, 0.2) is 0 Å². The van der Waals surface area contributed by atoms with E-state index in [-0.39, 0.29) is 35.3 Å². The highest BCUT2D eigenvalue weighted by Gasteiger charge is 2.43. The van der Waals surface area contributed by atoms with Crippen molar-refractivity contribution in [3.05, 3.63) is 63.3 Å². The zero-order valence-electron chi connectivity index (χ0n) is 18.0. The number of pyridine rings is 1. The number of benzene rings is 1. The molecule has 2 fully saturated rings. The van der Waals surface area contributed by atoms with Gasteiger partial charge in [-0.15, -0.1) is 0 Å². The number of hydrogen-bond acceptors (Lipinski definition) is 4. The average molecular weight is 439 g/mol. The van der Waals surface area contributed by atoms with Crippen molar-refractivity contribution < 1.29 is 19.1 Å². The molecule has 32 heavy (non-hydrogen) atoms. The number of aromatic nitrogens is 1. The third-order valence-corrected chi connectivity index (χ3v) is 7.18. The summed E-state index contributed by atoms with van der Waals surface area (Å²) < 4.78 is 14.8. The second-order valence-electron chi connectivity index (χ2n) is 9.21. The Bertz CT molecular complexity index is 1130. The van der Waals surface area contributed by atoms with Crippen LogP contribution in [-0.4, -0.2) is 57.0 Å². The molecule has 2 amide bonds. The molecule has 168 valence electrons. The van der Waals surface area contributed by atoms with Crippen molar-refractivity contribution in [1.82, 2.24) is 14.4 Å². The molecule has 1 saturated heterocycles. The maximum absolute atomic E-state index is 13.6. The number of fused-ring (bicyclic) bond motifs is 2. The first-order valence-electron chi connectivity index (χ1n) is 11.1. The molecule has 1 aromatic carbocycles. The van der Waals surface area contributed by atoms with Crippen LogP contribution in [0.2, 0.25) is 0 Å². The van der Waals surface area contributed by atoms with Gasteiger partial charge in [0.05, 0.1) is 6.10 Å². The third kappa shape index (κ3) is 3.52. The van der Waals surface area contributed by atoms with Crippen LogP contribution in [-0.2, 0) is 17.8 Å². The summed E-state index contributed by atoms with van der Waals surface area (Å²) in [5, 5.41) is 9.92. The van der Waals surface area contributed by atoms with Crippen molar-refractivity contribution >= 4 is 11.8 Å². The topological polar surface area (TPSA) is 82.9 Å². The lowest BCUT2D eigenvalue weighted by molar-refractivity contribution is -0.129. The van der Waals surface area contributed by atoms with Gasteiger partial charge in [0, 0.05) is 45.0 Å². The molecule has 1 saturated carbocycles. The van der Waals surface area contributed by atoms with Gasteiger partial charge in [-0.1, -0.05) is 0 Å². The first kappa shape index (κ1) is 20.9. The number of carbonyl (C=O) groups excluding carboxylic acids is 2. The Kier molecular flexibility index (Phi) is 5.12. The van der Waals surface area contributed by atoms with E-state index in [1.54, 1.807) is 16.0 Å². The van der Waals surface area contributed by atoms with E-state index in [0.717, 1.165) is 5.56 Å². The zero-order chi connectivity index (χ0) is 22.6. The Morgan fingerprint density at radius 2 is 1.72 bits per heavy atom. The van der Waals surface area contributed by atoms with Crippen molar-refractivity contribution in [2.45, 2.75) is 38.8 Å². The van der Waals surface area contributed by atoms with Crippen molar-refractivity contribution in [2.24, 2.45) is 11.8 Å². The summed E-state index contributed by atoms with van der Waals surface area (Å²) in [5.41, 5.74) is 1.65. The number of likely N-dealkylation sites (tertiary alicyclic amines) is 1. The largest absolute Gasteiger partial charge is 0.393 e. The molecule has 3 aliphatic rings. The van der Waals surface area contributed by atoms with Crippen LogP contribution in [0, 0.1) is 17.7 Å². The smallest absolute Gasteiger partial charge is 0.268 e. The maximum atomic E-state index is 13.6. The first-order valence-corrected chi connectivity index (χ1v) is 11.1. The third-order valence-electron chi connectivity index (χ3n) is 7.18. The Morgan fingerprint density at radius 3 is 2.34 bits per heavy atom. The lowest BCUT2D eigenvalue weighted by Gasteiger charge is -2.30. The monoisotopic (exact) mass is 439 g/mol. The molecule has 1 aliphatic carbocycles. The molecule has 0 radical (unpaired) electrons. The summed E-state index contributed by atoms with van der Waals surface area (Å²) in [6.45, 7) is 3.37. The van der Waals surface area contributed by atoms with Crippen LogP contribution >= 0.6 is 0 Å². The fourth-order valence-corrected chi connectivity index (χ4v) is 5.53. The molecule has 5 rings (SSSR count). The predicted molar refractivity (Wildman–Crippen MR) is 115 cm³/mol. The van der Waals surface area contributed by atoms with Gasteiger partial charge >= 0.3 is 0 Å². The van der Waals surface area contributed by atoms with E-state index in [0.29, 0.717) is 56.7 Å². The molecule has 7 nitrogen and oxygen atoms in total. The molecule has 2 aromatic rings. The second-order valence-corrected chi connectivity index (χ2v) is 9.21. The number of nitrogens with zero attached hydrogens (tertiary/aromatic N) is 3. The minimum absolute atomic E-state index is 0.0611. The van der Waals surface area contributed by atoms with Crippen molar-refractivity contribution in [2.75, 3.05) is 19.6 Å². The van der Waals surface area contributed by atoms with E-state index < -0.39 is 11.4 Å². The number of halogens is 1. The van der Waals surface area contributed by atoms with Crippen LogP contribution in [0.1, 0.15) is 41.3 Å². The molecule has 1 aromatic heterocycles. The number of carbonyl (C=O) groups is 2. The highest BCUT2D eigenvalue weighted by atomic mass is 19.1. The summed E-state index contributed by atoms with van der Waals surface area (Å²) in [5.74, 6) is -0.233. The fraction of sp³-hybridized carbons (Fsp3) is 0.458. The summed E-state index contributed by atoms with van der Waals surface area (Å²) in [4.78, 5) is 42.5. The quantitative estimate of drug-likeness (QED) is 0.773. The molecular weight excluding hydrogens is 413 g/mol. The minimum atomic E-state index is -0.422. The van der Waals surface area contributed by atoms with Gasteiger partial charge in [0.1, 0.15) is 11.4 Å². The van der Waals surface area contributed by atoms with E-state index in [2.05, 4.69) is 0 Å². The van der Waals surface area contributed by atoms with Gasteiger partial charge < -0.3 is 14.9 Å². The average Bonchev–Trinajstić information content (AvgIpc) is 3.31. The Balaban J connectivity index is 1.58. The van der Waals surface area contributed by atoms with E-state index in [9.17, 15) is 23.9 Å². The molecular formula is C24H26FN3O4. The fourth-order valence-electron chi connectivity index (χ4n) is 5.53. The van der Waals surface area contributed by atoms with Crippen LogP contribution in [0.25, 0.3) is 5.69 Å². The SMILES string of the molecule is CC(=O)N1CCc2c(cn(-c3ccc(F)cc3)c(=O)c2C(=O)N2C[C@H]3CC(O)C[C@H]3C2)C1. The Morgan fingerprint density at radius 1 is 1.06 bits per heavy atom. The molecule has 3 heterocycles. The molecule has 3 atom stereocenters. The molecule has 2 aliphatic heterocycles. The number of aliphatic hydroxyl groups is 1. The highest BCUT2D eigenvalue weighted by Crippen LogP contribution is 2.38. The normalized spacial score (nSPS) is 24.4. The van der Waals surface area contributed by atoms with Gasteiger partial charge in [0.25, 0.3) is 11.5 Å². The maximum Gasteiger partial charge on any atom is 0.268 e. The van der Waals surface area contributed by atoms with Gasteiger partial charge in [-0.2, -0.15) is 0 Å². The number of rotatable bonds is 2. The molecule has 8 heteroatoms. The Labute approximate surface area is 185 Å². The highest BCUT2D eigenvalue weighted by molar-refractivity contribution is 5.96. The summed E-state index contributed by atoms with van der Waals surface area (Å²) >= 11 is 0. The second kappa shape index (κ2) is 7.85. The standard InChI is InChI=1S/C24H26FN3O4/c1-14(29)26-7-6-21-17(12-26)13-28(19-4-2-18(25)3-5-19)24(32)22(21)23(31)27-10-15-8-20(30)9-16(15)11-27/h2-5,13,15-16,20,30H,6-12H2,1H3/t15-,16+,20?. The van der Waals surface area contributed by atoms with Crippen molar-refractivity contribution in [3.8, 4) is 5.69 Å². The van der Waals surface area contributed by atoms with E-state index in [4.69, 9.17) is 0 Å². The Hall–Kier alpha value is -3.00. The van der Waals surface area contributed by atoms with Crippen molar-refractivity contribution in [1.29, 1.82) is 0 Å². The summed E-state index contributed by atoms with van der Waals surface area (Å²) in [7, 11) is 0. The van der Waals surface area contributed by atoms with Crippen LogP contribution < -0.4 is 5.56 Å². The van der Waals surface area contributed by atoms with Crippen LogP contribution in [0.4, 0.5) is 4.39 Å². The molecule has 0 bridgehead atoms. The van der Waals surface area contributed by atoms with Gasteiger partial charge in [0.2, 0.25) is 5.91 Å². The van der Waals surface area contributed by atoms with E-state index in [1.165, 1.54) is 35.8 Å². The first-order chi connectivity index (χ1) is 15.3. The van der Waals surface area contributed by atoms with Crippen LogP contribution in [0.3, 0.4) is 0 Å². The minimum Gasteiger partial charge on any atom is -0.393 e. The lowest BCUT2D eigenvalue weighted by atomic mass is 9.95. The van der Waals surface area contributed by atoms with Gasteiger partial charge in [-0.25, -0.2) is 4.39 Å². The zero-order valence-corrected chi connectivity index (χ0v) is 18.0. The number of hydrogen-bond donors (Lipinski definition) is 1. The molecule has 1 unspecified atom stereocenters. The summed E-state index contributed by atoms with van der Waals surface area (Å²) in [6, 6.07) is 5.56. The molecule has 0 spiro atoms. The molecule has 1 N–H and O–H groups in total. The van der Waals surface area contributed by atoms with E-state index >= 15 is 0 Å². The lowest BCUT2D eigenvalue weighted by Crippen LogP contribution is -2.41. The van der Waals surface area contributed by atoms with Crippen LogP contribution in [0.5, 0.6) is 0 Å². The van der Waals surface area contributed by atoms with E-state index in [1.807, 2.05) is 0 Å². The van der Waals surface area contributed by atoms with Gasteiger partial charge in [-0.05, 0) is 66.5 Å². The number of amides is 2. The van der Waals surface area contributed by atoms with Crippen molar-refractivity contribution in [3.63, 3.8) is 0 Å². The summed E-state index contributed by atoms with van der Waals surface area (Å²) in [6.07, 6.45) is 3.18.